The summed E-state index contributed by atoms with van der Waals surface area (Å²) in [6.07, 6.45) is 1.82. The Hall–Kier alpha value is -2.47. The number of carbonyl (C=O) groups excluding carboxylic acids is 1. The van der Waals surface area contributed by atoms with Crippen LogP contribution in [0.3, 0.4) is 0 Å². The molecule has 1 amide bonds. The molecule has 0 saturated heterocycles. The zero-order chi connectivity index (χ0) is 17.1. The average Bonchev–Trinajstić information content (AvgIpc) is 2.62. The van der Waals surface area contributed by atoms with Crippen LogP contribution in [-0.4, -0.2) is 26.7 Å². The number of carbonyl (C=O) groups is 1. The standard InChI is InChI=1S/C18H16BrNO4/c1-22-15-7-4-8-16(23-2)17(15)20-18(21)11-9-12-13(19)5-3-6-14(12)24-10-11/h3-9H,10H2,1-2H3,(H,20,21). The molecule has 0 radical (unpaired) electrons. The number of nitrogens with one attached hydrogen (secondary N) is 1. The fourth-order valence-corrected chi connectivity index (χ4v) is 2.92. The Balaban J connectivity index is 1.91. The van der Waals surface area contributed by atoms with E-state index in [-0.39, 0.29) is 12.5 Å². The summed E-state index contributed by atoms with van der Waals surface area (Å²) in [7, 11) is 3.08. The first kappa shape index (κ1) is 16.4. The number of para-hydroxylation sites is 1. The third-order valence-corrected chi connectivity index (χ3v) is 4.36. The molecule has 1 aliphatic rings. The van der Waals surface area contributed by atoms with Gasteiger partial charge < -0.3 is 19.5 Å². The van der Waals surface area contributed by atoms with Crippen LogP contribution in [0.4, 0.5) is 5.69 Å². The van der Waals surface area contributed by atoms with Gasteiger partial charge in [-0.2, -0.15) is 0 Å². The Kier molecular flexibility index (Phi) is 4.76. The average molecular weight is 390 g/mol. The SMILES string of the molecule is COc1cccc(OC)c1NC(=O)C1=Cc2c(Br)cccc2OC1. The lowest BCUT2D eigenvalue weighted by Gasteiger charge is -2.19. The van der Waals surface area contributed by atoms with E-state index in [1.807, 2.05) is 24.3 Å². The normalized spacial score (nSPS) is 12.5. The summed E-state index contributed by atoms with van der Waals surface area (Å²) in [6, 6.07) is 11.0. The van der Waals surface area contributed by atoms with E-state index in [2.05, 4.69) is 21.2 Å². The van der Waals surface area contributed by atoms with Crippen LogP contribution in [0.1, 0.15) is 5.56 Å². The minimum absolute atomic E-state index is 0.201. The molecule has 0 bridgehead atoms. The summed E-state index contributed by atoms with van der Waals surface area (Å²) in [5, 5.41) is 2.85. The molecule has 124 valence electrons. The van der Waals surface area contributed by atoms with Crippen molar-refractivity contribution < 1.29 is 19.0 Å². The summed E-state index contributed by atoms with van der Waals surface area (Å²) >= 11 is 3.47. The zero-order valence-electron chi connectivity index (χ0n) is 13.3. The van der Waals surface area contributed by atoms with E-state index in [4.69, 9.17) is 14.2 Å². The maximum atomic E-state index is 12.6. The molecule has 0 unspecified atom stereocenters. The van der Waals surface area contributed by atoms with Crippen LogP contribution in [-0.2, 0) is 4.79 Å². The monoisotopic (exact) mass is 389 g/mol. The molecule has 2 aromatic carbocycles. The van der Waals surface area contributed by atoms with Gasteiger partial charge in [0, 0.05) is 10.0 Å². The van der Waals surface area contributed by atoms with Crippen LogP contribution < -0.4 is 19.5 Å². The number of benzene rings is 2. The first-order chi connectivity index (χ1) is 11.6. The minimum Gasteiger partial charge on any atom is -0.494 e. The Morgan fingerprint density at radius 1 is 1.12 bits per heavy atom. The number of ether oxygens (including phenoxy) is 3. The highest BCUT2D eigenvalue weighted by Gasteiger charge is 2.21. The Bertz CT molecular complexity index is 794. The van der Waals surface area contributed by atoms with Crippen molar-refractivity contribution in [3.05, 3.63) is 52.0 Å². The van der Waals surface area contributed by atoms with Gasteiger partial charge in [0.05, 0.1) is 19.8 Å². The van der Waals surface area contributed by atoms with Crippen LogP contribution in [0.2, 0.25) is 0 Å². The fraction of sp³-hybridized carbons (Fsp3) is 0.167. The first-order valence-corrected chi connectivity index (χ1v) is 8.07. The van der Waals surface area contributed by atoms with Gasteiger partial charge in [0.25, 0.3) is 5.91 Å². The Morgan fingerprint density at radius 2 is 1.79 bits per heavy atom. The van der Waals surface area contributed by atoms with Gasteiger partial charge in [0.2, 0.25) is 0 Å². The third kappa shape index (κ3) is 3.10. The number of halogens is 1. The molecule has 2 aromatic rings. The lowest BCUT2D eigenvalue weighted by atomic mass is 10.1. The van der Waals surface area contributed by atoms with Crippen molar-refractivity contribution in [1.82, 2.24) is 0 Å². The smallest absolute Gasteiger partial charge is 0.255 e. The molecule has 1 N–H and O–H groups in total. The largest absolute Gasteiger partial charge is 0.494 e. The molecule has 1 aliphatic heterocycles. The number of hydrogen-bond donors (Lipinski definition) is 1. The highest BCUT2D eigenvalue weighted by Crippen LogP contribution is 2.36. The van der Waals surface area contributed by atoms with Crippen molar-refractivity contribution in [1.29, 1.82) is 0 Å². The van der Waals surface area contributed by atoms with Gasteiger partial charge >= 0.3 is 0 Å². The van der Waals surface area contributed by atoms with E-state index in [9.17, 15) is 4.79 Å². The van der Waals surface area contributed by atoms with Crippen LogP contribution in [0, 0.1) is 0 Å². The number of fused-ring (bicyclic) bond motifs is 1. The van der Waals surface area contributed by atoms with Crippen molar-refractivity contribution in [2.75, 3.05) is 26.1 Å². The number of anilines is 1. The predicted molar refractivity (Wildman–Crippen MR) is 95.8 cm³/mol. The van der Waals surface area contributed by atoms with Gasteiger partial charge in [-0.15, -0.1) is 0 Å². The Labute approximate surface area is 148 Å². The summed E-state index contributed by atoms with van der Waals surface area (Å²) in [5.41, 5.74) is 1.86. The Morgan fingerprint density at radius 3 is 2.46 bits per heavy atom. The van der Waals surface area contributed by atoms with Crippen LogP contribution in [0.25, 0.3) is 6.08 Å². The molecule has 0 aliphatic carbocycles. The number of rotatable bonds is 4. The molecule has 24 heavy (non-hydrogen) atoms. The van der Waals surface area contributed by atoms with Crippen LogP contribution in [0.5, 0.6) is 17.2 Å². The van der Waals surface area contributed by atoms with Crippen molar-refractivity contribution in [3.8, 4) is 17.2 Å². The molecule has 0 fully saturated rings. The van der Waals surface area contributed by atoms with E-state index in [0.717, 1.165) is 15.8 Å². The minimum atomic E-state index is -0.265. The summed E-state index contributed by atoms with van der Waals surface area (Å²) in [6.45, 7) is 0.201. The zero-order valence-corrected chi connectivity index (χ0v) is 14.8. The van der Waals surface area contributed by atoms with E-state index in [1.165, 1.54) is 0 Å². The maximum Gasteiger partial charge on any atom is 0.255 e. The molecular weight excluding hydrogens is 374 g/mol. The molecule has 0 saturated carbocycles. The van der Waals surface area contributed by atoms with Gasteiger partial charge in [-0.3, -0.25) is 4.79 Å². The number of amides is 1. The summed E-state index contributed by atoms with van der Waals surface area (Å²) < 4.78 is 17.1. The van der Waals surface area contributed by atoms with Crippen molar-refractivity contribution >= 4 is 33.6 Å². The quantitative estimate of drug-likeness (QED) is 0.861. The van der Waals surface area contributed by atoms with Crippen LogP contribution >= 0.6 is 15.9 Å². The summed E-state index contributed by atoms with van der Waals surface area (Å²) in [5.74, 6) is 1.54. The van der Waals surface area contributed by atoms with Crippen LogP contribution in [0.15, 0.2) is 46.4 Å². The molecule has 0 spiro atoms. The number of hydrogen-bond acceptors (Lipinski definition) is 4. The topological polar surface area (TPSA) is 56.8 Å². The van der Waals surface area contributed by atoms with Gasteiger partial charge in [0.1, 0.15) is 29.5 Å². The molecule has 1 heterocycles. The van der Waals surface area contributed by atoms with E-state index >= 15 is 0 Å². The fourth-order valence-electron chi connectivity index (χ4n) is 2.45. The van der Waals surface area contributed by atoms with E-state index in [1.54, 1.807) is 32.4 Å². The van der Waals surface area contributed by atoms with Crippen molar-refractivity contribution in [3.63, 3.8) is 0 Å². The third-order valence-electron chi connectivity index (χ3n) is 3.67. The lowest BCUT2D eigenvalue weighted by molar-refractivity contribution is -0.113. The molecule has 6 heteroatoms. The van der Waals surface area contributed by atoms with Crippen molar-refractivity contribution in [2.24, 2.45) is 0 Å². The van der Waals surface area contributed by atoms with Crippen molar-refractivity contribution in [2.45, 2.75) is 0 Å². The van der Waals surface area contributed by atoms with Gasteiger partial charge in [-0.1, -0.05) is 28.1 Å². The number of methoxy groups -OCH3 is 2. The van der Waals surface area contributed by atoms with E-state index in [0.29, 0.717) is 22.8 Å². The molecule has 5 nitrogen and oxygen atoms in total. The van der Waals surface area contributed by atoms with Gasteiger partial charge in [-0.25, -0.2) is 0 Å². The second kappa shape index (κ2) is 6.97. The summed E-state index contributed by atoms with van der Waals surface area (Å²) in [4.78, 5) is 12.6. The van der Waals surface area contributed by atoms with Gasteiger partial charge in [0.15, 0.2) is 0 Å². The maximum absolute atomic E-state index is 12.6. The highest BCUT2D eigenvalue weighted by atomic mass is 79.9. The second-order valence-electron chi connectivity index (χ2n) is 5.10. The van der Waals surface area contributed by atoms with E-state index < -0.39 is 0 Å². The molecule has 0 aromatic heterocycles. The first-order valence-electron chi connectivity index (χ1n) is 7.28. The molecule has 3 rings (SSSR count). The molecule has 0 atom stereocenters. The highest BCUT2D eigenvalue weighted by molar-refractivity contribution is 9.10. The lowest BCUT2D eigenvalue weighted by Crippen LogP contribution is -2.22. The predicted octanol–water partition coefficient (Wildman–Crippen LogP) is 3.88. The molecular formula is C18H16BrNO4. The van der Waals surface area contributed by atoms with Gasteiger partial charge in [-0.05, 0) is 30.3 Å². The second-order valence-corrected chi connectivity index (χ2v) is 5.96.